The molecule has 0 fully saturated rings. The van der Waals surface area contributed by atoms with Gasteiger partial charge in [-0.25, -0.2) is 14.6 Å². The average Bonchev–Trinajstić information content (AvgIpc) is 2.96. The van der Waals surface area contributed by atoms with Gasteiger partial charge < -0.3 is 11.1 Å². The number of benzene rings is 1. The minimum absolute atomic E-state index is 0.0321. The van der Waals surface area contributed by atoms with E-state index in [4.69, 9.17) is 10.8 Å². The van der Waals surface area contributed by atoms with Gasteiger partial charge in [0, 0.05) is 16.7 Å². The summed E-state index contributed by atoms with van der Waals surface area (Å²) in [5.41, 5.74) is 8.49. The highest BCUT2D eigenvalue weighted by atomic mass is 16.2. The summed E-state index contributed by atoms with van der Waals surface area (Å²) >= 11 is 0. The normalized spacial score (nSPS) is 12.4. The van der Waals surface area contributed by atoms with E-state index in [1.807, 2.05) is 49.7 Å². The lowest BCUT2D eigenvalue weighted by Crippen LogP contribution is -2.27. The Morgan fingerprint density at radius 1 is 1.04 bits per heavy atom. The van der Waals surface area contributed by atoms with Crippen LogP contribution >= 0.6 is 0 Å². The van der Waals surface area contributed by atoms with Crippen LogP contribution in [0.1, 0.15) is 41.5 Å². The number of amides is 1. The number of nitrogens with one attached hydrogen (secondary N) is 1. The van der Waals surface area contributed by atoms with E-state index in [0.29, 0.717) is 11.5 Å². The smallest absolute Gasteiger partial charge is 0.229 e. The van der Waals surface area contributed by atoms with Gasteiger partial charge in [-0.1, -0.05) is 32.9 Å². The SMILES string of the molecule is CC(C)(C)C(=O)Nc1ccc(-c2nn(C(C)(C)C)c3ncnc(N)c23)cc1. The van der Waals surface area contributed by atoms with E-state index in [-0.39, 0.29) is 11.4 Å². The van der Waals surface area contributed by atoms with Crippen LogP contribution in [-0.4, -0.2) is 25.7 Å². The lowest BCUT2D eigenvalue weighted by molar-refractivity contribution is -0.123. The maximum atomic E-state index is 12.2. The van der Waals surface area contributed by atoms with Gasteiger partial charge >= 0.3 is 0 Å². The maximum absolute atomic E-state index is 12.2. The molecule has 27 heavy (non-hydrogen) atoms. The molecule has 0 radical (unpaired) electrons. The van der Waals surface area contributed by atoms with E-state index < -0.39 is 5.41 Å². The summed E-state index contributed by atoms with van der Waals surface area (Å²) in [5.74, 6) is 0.367. The third kappa shape index (κ3) is 3.63. The van der Waals surface area contributed by atoms with E-state index in [1.54, 1.807) is 0 Å². The fourth-order valence-electron chi connectivity index (χ4n) is 2.67. The van der Waals surface area contributed by atoms with Crippen LogP contribution in [0.3, 0.4) is 0 Å². The van der Waals surface area contributed by atoms with Crippen molar-refractivity contribution in [3.8, 4) is 11.3 Å². The van der Waals surface area contributed by atoms with Gasteiger partial charge in [-0.2, -0.15) is 5.10 Å². The first kappa shape index (κ1) is 18.8. The van der Waals surface area contributed by atoms with E-state index in [9.17, 15) is 4.79 Å². The van der Waals surface area contributed by atoms with Crippen molar-refractivity contribution in [2.45, 2.75) is 47.1 Å². The van der Waals surface area contributed by atoms with Gasteiger partial charge in [0.05, 0.1) is 10.9 Å². The van der Waals surface area contributed by atoms with Crippen molar-refractivity contribution in [3.63, 3.8) is 0 Å². The number of fused-ring (bicyclic) bond motifs is 1. The van der Waals surface area contributed by atoms with Crippen LogP contribution in [-0.2, 0) is 10.3 Å². The molecule has 0 atom stereocenters. The van der Waals surface area contributed by atoms with Crippen LogP contribution in [0.4, 0.5) is 11.5 Å². The molecule has 1 aromatic carbocycles. The number of anilines is 2. The first-order valence-electron chi connectivity index (χ1n) is 8.90. The van der Waals surface area contributed by atoms with Crippen molar-refractivity contribution in [1.82, 2.24) is 19.7 Å². The van der Waals surface area contributed by atoms with E-state index in [0.717, 1.165) is 22.3 Å². The lowest BCUT2D eigenvalue weighted by Gasteiger charge is -2.19. The molecular weight excluding hydrogens is 340 g/mol. The molecule has 0 unspecified atom stereocenters. The molecule has 0 aliphatic heterocycles. The predicted molar refractivity (Wildman–Crippen MR) is 108 cm³/mol. The third-order valence-electron chi connectivity index (χ3n) is 4.23. The first-order valence-corrected chi connectivity index (χ1v) is 8.90. The summed E-state index contributed by atoms with van der Waals surface area (Å²) in [4.78, 5) is 20.7. The number of carbonyl (C=O) groups excluding carboxylic acids is 1. The largest absolute Gasteiger partial charge is 0.383 e. The number of aromatic nitrogens is 4. The molecule has 3 aromatic rings. The number of rotatable bonds is 2. The van der Waals surface area contributed by atoms with E-state index >= 15 is 0 Å². The molecule has 0 bridgehead atoms. The van der Waals surface area contributed by atoms with Gasteiger partial charge in [0.15, 0.2) is 5.65 Å². The Morgan fingerprint density at radius 3 is 2.22 bits per heavy atom. The third-order valence-corrected chi connectivity index (χ3v) is 4.23. The molecular formula is C20H26N6O. The van der Waals surface area contributed by atoms with Crippen molar-refractivity contribution in [2.75, 3.05) is 11.1 Å². The van der Waals surface area contributed by atoms with Crippen LogP contribution < -0.4 is 11.1 Å². The molecule has 0 aliphatic carbocycles. The van der Waals surface area contributed by atoms with Gasteiger partial charge in [-0.3, -0.25) is 4.79 Å². The minimum atomic E-state index is -0.452. The molecule has 0 saturated carbocycles. The zero-order valence-electron chi connectivity index (χ0n) is 16.7. The van der Waals surface area contributed by atoms with Crippen LogP contribution in [0.2, 0.25) is 0 Å². The first-order chi connectivity index (χ1) is 12.5. The van der Waals surface area contributed by atoms with Crippen LogP contribution in [0.15, 0.2) is 30.6 Å². The molecule has 7 heteroatoms. The summed E-state index contributed by atoms with van der Waals surface area (Å²) in [6.07, 6.45) is 1.45. The van der Waals surface area contributed by atoms with E-state index in [1.165, 1.54) is 6.33 Å². The number of nitrogens with two attached hydrogens (primary N) is 1. The Balaban J connectivity index is 2.05. The van der Waals surface area contributed by atoms with Gasteiger partial charge in [0.1, 0.15) is 17.8 Å². The molecule has 0 spiro atoms. The maximum Gasteiger partial charge on any atom is 0.229 e. The van der Waals surface area contributed by atoms with Crippen molar-refractivity contribution in [3.05, 3.63) is 30.6 Å². The summed E-state index contributed by atoms with van der Waals surface area (Å²) in [7, 11) is 0. The Morgan fingerprint density at radius 2 is 1.67 bits per heavy atom. The fourth-order valence-corrected chi connectivity index (χ4v) is 2.67. The number of nitrogen functional groups attached to an aromatic ring is 1. The molecule has 1 amide bonds. The van der Waals surface area contributed by atoms with Crippen molar-refractivity contribution in [1.29, 1.82) is 0 Å². The molecule has 7 nitrogen and oxygen atoms in total. The second-order valence-electron chi connectivity index (χ2n) is 8.67. The summed E-state index contributed by atoms with van der Waals surface area (Å²) in [6.45, 7) is 11.8. The Bertz CT molecular complexity index is 990. The molecule has 2 aromatic heterocycles. The van der Waals surface area contributed by atoms with Crippen LogP contribution in [0, 0.1) is 5.41 Å². The highest BCUT2D eigenvalue weighted by Crippen LogP contribution is 2.33. The molecule has 142 valence electrons. The second kappa shape index (κ2) is 6.33. The van der Waals surface area contributed by atoms with Gasteiger partial charge in [0.2, 0.25) is 5.91 Å². The fraction of sp³-hybridized carbons (Fsp3) is 0.400. The zero-order chi connectivity index (χ0) is 20.0. The summed E-state index contributed by atoms with van der Waals surface area (Å²) in [6, 6.07) is 7.56. The van der Waals surface area contributed by atoms with E-state index in [2.05, 4.69) is 36.1 Å². The van der Waals surface area contributed by atoms with Crippen LogP contribution in [0.25, 0.3) is 22.3 Å². The molecule has 0 aliphatic rings. The molecule has 2 heterocycles. The number of hydrogen-bond acceptors (Lipinski definition) is 5. The monoisotopic (exact) mass is 366 g/mol. The van der Waals surface area contributed by atoms with Crippen molar-refractivity contribution < 1.29 is 4.79 Å². The Kier molecular flexibility index (Phi) is 4.41. The topological polar surface area (TPSA) is 98.7 Å². The molecule has 0 saturated heterocycles. The number of carbonyl (C=O) groups is 1. The summed E-state index contributed by atoms with van der Waals surface area (Å²) < 4.78 is 1.87. The van der Waals surface area contributed by atoms with Crippen molar-refractivity contribution >= 4 is 28.4 Å². The molecule has 3 N–H and O–H groups in total. The Hall–Kier alpha value is -2.96. The van der Waals surface area contributed by atoms with Crippen molar-refractivity contribution in [2.24, 2.45) is 5.41 Å². The zero-order valence-corrected chi connectivity index (χ0v) is 16.7. The highest BCUT2D eigenvalue weighted by Gasteiger charge is 2.24. The average molecular weight is 366 g/mol. The van der Waals surface area contributed by atoms with Gasteiger partial charge in [-0.05, 0) is 32.9 Å². The standard InChI is InChI=1S/C20H26N6O/c1-19(2,3)18(27)24-13-9-7-12(8-10-13)15-14-16(21)22-11-23-17(14)26(25-15)20(4,5)6/h7-11H,1-6H3,(H,24,27)(H2,21,22,23). The highest BCUT2D eigenvalue weighted by molar-refractivity contribution is 5.99. The second-order valence-corrected chi connectivity index (χ2v) is 8.67. The predicted octanol–water partition coefficient (Wildman–Crippen LogP) is 3.82. The quantitative estimate of drug-likeness (QED) is 0.718. The number of nitrogens with zero attached hydrogens (tertiary/aromatic N) is 4. The Labute approximate surface area is 159 Å². The summed E-state index contributed by atoms with van der Waals surface area (Å²) in [5, 5.41) is 8.43. The minimum Gasteiger partial charge on any atom is -0.383 e. The lowest BCUT2D eigenvalue weighted by atomic mass is 9.95. The van der Waals surface area contributed by atoms with Crippen LogP contribution in [0.5, 0.6) is 0 Å². The van der Waals surface area contributed by atoms with Gasteiger partial charge in [0.25, 0.3) is 0 Å². The number of hydrogen-bond donors (Lipinski definition) is 2. The molecule has 3 rings (SSSR count). The van der Waals surface area contributed by atoms with Gasteiger partial charge in [-0.15, -0.1) is 0 Å².